The van der Waals surface area contributed by atoms with E-state index < -0.39 is 8.80 Å². The van der Waals surface area contributed by atoms with Gasteiger partial charge in [0.1, 0.15) is 0 Å². The molecule has 0 saturated carbocycles. The Kier molecular flexibility index (Phi) is 22.4. The van der Waals surface area contributed by atoms with Crippen LogP contribution in [0.25, 0.3) is 0 Å². The third-order valence-electron chi connectivity index (χ3n) is 1.15. The van der Waals surface area contributed by atoms with Crippen molar-refractivity contribution >= 4 is 31.8 Å². The molecule has 0 aromatic carbocycles. The van der Waals surface area contributed by atoms with E-state index in [2.05, 4.69) is 20.4 Å². The van der Waals surface area contributed by atoms with Crippen molar-refractivity contribution < 1.29 is 12.4 Å². The summed E-state index contributed by atoms with van der Waals surface area (Å²) in [5.41, 5.74) is 0. The van der Waals surface area contributed by atoms with Gasteiger partial charge in [-0.05, 0) is 0 Å². The van der Waals surface area contributed by atoms with Crippen molar-refractivity contribution in [2.75, 3.05) is 0 Å². The topological polar surface area (TPSA) is 0 Å². The second-order valence-corrected chi connectivity index (χ2v) is 5.05. The fourth-order valence-corrected chi connectivity index (χ4v) is 0.866. The molecular weight excluding hydrogens is 148 g/mol. The number of hydrogen-bond donors (Lipinski definition) is 0. The van der Waals surface area contributed by atoms with Crippen molar-refractivity contribution in [1.82, 2.24) is 0 Å². The summed E-state index contributed by atoms with van der Waals surface area (Å²) in [4.78, 5) is 0. The molecule has 0 amide bonds. The minimum atomic E-state index is -0.410. The minimum absolute atomic E-state index is 0. The molecule has 46 valence electrons. The van der Waals surface area contributed by atoms with E-state index in [1.807, 2.05) is 0 Å². The quantitative estimate of drug-likeness (QED) is 0.333. The molecule has 0 heterocycles. The van der Waals surface area contributed by atoms with Crippen LogP contribution < -0.4 is 12.4 Å². The molecule has 0 bridgehead atoms. The summed E-state index contributed by atoms with van der Waals surface area (Å²) in [6.45, 7) is 8.47. The summed E-state index contributed by atoms with van der Waals surface area (Å²) in [7, 11) is -0.410. The van der Waals surface area contributed by atoms with Crippen LogP contribution in [0.15, 0.2) is 0 Å². The summed E-state index contributed by atoms with van der Waals surface area (Å²) >= 11 is 0. The van der Waals surface area contributed by atoms with E-state index in [-0.39, 0.29) is 35.5 Å². The monoisotopic (exact) mass is 160 g/mol. The molecule has 0 spiro atoms. The molecule has 0 atom stereocenters. The number of halogens is 1. The van der Waals surface area contributed by atoms with E-state index in [9.17, 15) is 0 Å². The van der Waals surface area contributed by atoms with Crippen molar-refractivity contribution in [2.24, 2.45) is 0 Å². The van der Waals surface area contributed by atoms with Gasteiger partial charge in [0, 0.05) is 0 Å². The minimum Gasteiger partial charge on any atom is -1.00 e. The van der Waals surface area contributed by atoms with Gasteiger partial charge in [0.25, 0.3) is 0 Å². The molecule has 3 heteroatoms. The normalized spacial score (nSPS) is 7.50. The zero-order valence-electron chi connectivity index (χ0n) is 5.78. The second kappa shape index (κ2) is 11.1. The molecule has 0 nitrogen and oxygen atoms in total. The molecule has 0 unspecified atom stereocenters. The van der Waals surface area contributed by atoms with Crippen molar-refractivity contribution in [3.05, 3.63) is 6.55 Å². The largest absolute Gasteiger partial charge is 2.00 e. The Morgan fingerprint density at radius 3 is 1.50 bits per heavy atom. The second-order valence-electron chi connectivity index (χ2n) is 1.68. The predicted molar refractivity (Wildman–Crippen MR) is 39.2 cm³/mol. The number of rotatable bonds is 2. The van der Waals surface area contributed by atoms with Gasteiger partial charge >= 0.3 is 23.1 Å². The van der Waals surface area contributed by atoms with Crippen LogP contribution in [0, 0.1) is 6.55 Å². The van der Waals surface area contributed by atoms with Crippen LogP contribution in [0.4, 0.5) is 0 Å². The fourth-order valence-electron chi connectivity index (χ4n) is 0.289. The molecule has 0 aliphatic heterocycles. The summed E-state index contributed by atoms with van der Waals surface area (Å²) in [6, 6.07) is 2.72. The molecule has 0 aromatic heterocycles. The smallest absolute Gasteiger partial charge is 1.00 e. The third-order valence-corrected chi connectivity index (χ3v) is 3.46. The van der Waals surface area contributed by atoms with Gasteiger partial charge in [-0.15, -0.1) is 8.80 Å². The van der Waals surface area contributed by atoms with Gasteiger partial charge in [-0.25, -0.2) is 0 Å². The summed E-state index contributed by atoms with van der Waals surface area (Å²) in [6.07, 6.45) is 0. The standard InChI is InChI=1S/C5H13Si.ClH.Mg/c1-4-6(3)5-2;;/h6H,3-5H2,1-2H3;1H;/q-1;;+2/p-1. The Balaban J connectivity index is -0.000000125. The van der Waals surface area contributed by atoms with Crippen LogP contribution in [0.5, 0.6) is 0 Å². The van der Waals surface area contributed by atoms with Crippen LogP contribution in [0.3, 0.4) is 0 Å². The Hall–Kier alpha value is 1.27. The zero-order chi connectivity index (χ0) is 4.99. The molecule has 0 radical (unpaired) electrons. The summed E-state index contributed by atoms with van der Waals surface area (Å²) in [5, 5.41) is 0. The molecule has 0 N–H and O–H groups in total. The molecule has 0 aliphatic rings. The third kappa shape index (κ3) is 10.3. The Morgan fingerprint density at radius 2 is 1.50 bits per heavy atom. The van der Waals surface area contributed by atoms with E-state index in [1.165, 1.54) is 12.1 Å². The van der Waals surface area contributed by atoms with Gasteiger partial charge in [-0.1, -0.05) is 25.9 Å². The first-order chi connectivity index (χ1) is 2.81. The Labute approximate surface area is 76.6 Å². The van der Waals surface area contributed by atoms with Crippen molar-refractivity contribution in [1.29, 1.82) is 0 Å². The van der Waals surface area contributed by atoms with Gasteiger partial charge in [0.05, 0.1) is 0 Å². The van der Waals surface area contributed by atoms with Gasteiger partial charge < -0.3 is 19.0 Å². The van der Waals surface area contributed by atoms with Crippen LogP contribution in [-0.4, -0.2) is 31.8 Å². The van der Waals surface area contributed by atoms with Gasteiger partial charge in [-0.2, -0.15) is 0 Å². The fraction of sp³-hybridized carbons (Fsp3) is 0.800. The van der Waals surface area contributed by atoms with E-state index >= 15 is 0 Å². The van der Waals surface area contributed by atoms with Gasteiger partial charge in [-0.3, -0.25) is 0 Å². The maximum absolute atomic E-state index is 4.01. The van der Waals surface area contributed by atoms with Crippen LogP contribution in [-0.2, 0) is 0 Å². The first kappa shape index (κ1) is 16.1. The van der Waals surface area contributed by atoms with Crippen molar-refractivity contribution in [2.45, 2.75) is 25.9 Å². The first-order valence-electron chi connectivity index (χ1n) is 2.64. The van der Waals surface area contributed by atoms with Crippen LogP contribution in [0.2, 0.25) is 12.1 Å². The molecule has 0 aliphatic carbocycles. The van der Waals surface area contributed by atoms with Crippen LogP contribution in [0.1, 0.15) is 13.8 Å². The molecular formula is C5H13ClMgSi. The Morgan fingerprint density at radius 1 is 1.25 bits per heavy atom. The average molecular weight is 161 g/mol. The molecule has 0 rings (SSSR count). The summed E-state index contributed by atoms with van der Waals surface area (Å²) < 4.78 is 0. The number of hydrogen-bond acceptors (Lipinski definition) is 0. The first-order valence-corrected chi connectivity index (χ1v) is 5.09. The zero-order valence-corrected chi connectivity index (χ0v) is 9.11. The SMILES string of the molecule is [CH2-][SiH](CC)CC.[Cl-].[Mg+2]. The van der Waals surface area contributed by atoms with Crippen LogP contribution >= 0.6 is 0 Å². The van der Waals surface area contributed by atoms with E-state index in [1.54, 1.807) is 0 Å². The van der Waals surface area contributed by atoms with E-state index in [4.69, 9.17) is 0 Å². The van der Waals surface area contributed by atoms with E-state index in [0.29, 0.717) is 0 Å². The van der Waals surface area contributed by atoms with Gasteiger partial charge in [0.2, 0.25) is 0 Å². The molecule has 0 aromatic rings. The Bertz CT molecular complexity index is 31.6. The summed E-state index contributed by atoms with van der Waals surface area (Å²) in [5.74, 6) is 0. The van der Waals surface area contributed by atoms with Crippen molar-refractivity contribution in [3.63, 3.8) is 0 Å². The maximum Gasteiger partial charge on any atom is 2.00 e. The average Bonchev–Trinajstić information content (AvgIpc) is 1.65. The molecule has 0 saturated heterocycles. The molecule has 8 heavy (non-hydrogen) atoms. The van der Waals surface area contributed by atoms with Crippen molar-refractivity contribution in [3.8, 4) is 0 Å². The molecule has 0 fully saturated rings. The van der Waals surface area contributed by atoms with Gasteiger partial charge in [0.15, 0.2) is 0 Å². The predicted octanol–water partition coefficient (Wildman–Crippen LogP) is -1.75. The van der Waals surface area contributed by atoms with E-state index in [0.717, 1.165) is 0 Å². The maximum atomic E-state index is 4.01.